The molecule has 0 amide bonds. The molecule has 0 aromatic rings. The van der Waals surface area contributed by atoms with Crippen LogP contribution in [-0.4, -0.2) is 47.8 Å². The van der Waals surface area contributed by atoms with E-state index < -0.39 is 0 Å². The van der Waals surface area contributed by atoms with E-state index in [1.54, 1.807) is 0 Å². The number of fused-ring (bicyclic) bond motifs is 2. The first kappa shape index (κ1) is 14.3. The fraction of sp³-hybridized carbons (Fsp3) is 1.00. The first-order valence-electron chi connectivity index (χ1n) is 7.76. The van der Waals surface area contributed by atoms with Gasteiger partial charge in [0.05, 0.1) is 6.61 Å². The van der Waals surface area contributed by atoms with Crippen LogP contribution in [0.25, 0.3) is 0 Å². The van der Waals surface area contributed by atoms with Gasteiger partial charge in [-0.25, -0.2) is 0 Å². The van der Waals surface area contributed by atoms with Crippen LogP contribution in [-0.2, 0) is 0 Å². The van der Waals surface area contributed by atoms with Crippen molar-refractivity contribution >= 4 is 0 Å². The van der Waals surface area contributed by atoms with E-state index in [9.17, 15) is 5.11 Å². The fourth-order valence-electron chi connectivity index (χ4n) is 3.74. The molecular weight excluding hydrogens is 224 g/mol. The Hall–Kier alpha value is -0.120. The van der Waals surface area contributed by atoms with E-state index in [-0.39, 0.29) is 6.61 Å². The lowest BCUT2D eigenvalue weighted by molar-refractivity contribution is 0.0211. The number of nitrogens with one attached hydrogen (secondary N) is 1. The van der Waals surface area contributed by atoms with Crippen LogP contribution in [0.4, 0.5) is 0 Å². The summed E-state index contributed by atoms with van der Waals surface area (Å²) in [7, 11) is 0. The zero-order chi connectivity index (χ0) is 13.1. The third kappa shape index (κ3) is 3.06. The highest BCUT2D eigenvalue weighted by atomic mass is 16.3. The van der Waals surface area contributed by atoms with Gasteiger partial charge in [-0.3, -0.25) is 0 Å². The van der Waals surface area contributed by atoms with Gasteiger partial charge >= 0.3 is 0 Å². The highest BCUT2D eigenvalue weighted by molar-refractivity contribution is 4.96. The minimum atomic E-state index is 0.278. The molecular formula is C15H30N2O. The smallest absolute Gasteiger partial charge is 0.0584 e. The molecule has 106 valence electrons. The van der Waals surface area contributed by atoms with Crippen LogP contribution >= 0.6 is 0 Å². The van der Waals surface area contributed by atoms with Gasteiger partial charge in [0.1, 0.15) is 0 Å². The number of hydrogen-bond donors (Lipinski definition) is 2. The van der Waals surface area contributed by atoms with Crippen molar-refractivity contribution in [3.63, 3.8) is 0 Å². The summed E-state index contributed by atoms with van der Waals surface area (Å²) < 4.78 is 0. The Labute approximate surface area is 112 Å². The maximum Gasteiger partial charge on any atom is 0.0584 e. The summed E-state index contributed by atoms with van der Waals surface area (Å²) in [5.74, 6) is 1.58. The standard InChI is InChI=1S/C15H30N2O/c1-4-14(10-18)16-15-12-6-5-7-13(15)9-17(8-12)11(2)3/h11-16,18H,4-10H2,1-3H3. The summed E-state index contributed by atoms with van der Waals surface area (Å²) >= 11 is 0. The van der Waals surface area contributed by atoms with E-state index in [4.69, 9.17) is 0 Å². The summed E-state index contributed by atoms with van der Waals surface area (Å²) in [5, 5.41) is 13.1. The number of likely N-dealkylation sites (tertiary alicyclic amines) is 1. The predicted octanol–water partition coefficient (Wildman–Crippen LogP) is 1.86. The molecule has 18 heavy (non-hydrogen) atoms. The Morgan fingerprint density at radius 1 is 1.22 bits per heavy atom. The molecule has 1 saturated heterocycles. The molecule has 1 saturated carbocycles. The number of aliphatic hydroxyl groups excluding tert-OH is 1. The van der Waals surface area contributed by atoms with E-state index in [1.165, 1.54) is 32.4 Å². The second-order valence-electron chi connectivity index (χ2n) is 6.48. The molecule has 0 radical (unpaired) electrons. The van der Waals surface area contributed by atoms with Crippen molar-refractivity contribution in [2.45, 2.75) is 64.6 Å². The molecule has 1 aliphatic heterocycles. The largest absolute Gasteiger partial charge is 0.395 e. The average molecular weight is 254 g/mol. The fourth-order valence-corrected chi connectivity index (χ4v) is 3.74. The molecule has 3 heteroatoms. The van der Waals surface area contributed by atoms with Crippen molar-refractivity contribution in [3.8, 4) is 0 Å². The number of hydrogen-bond acceptors (Lipinski definition) is 3. The van der Waals surface area contributed by atoms with Gasteiger partial charge in [-0.15, -0.1) is 0 Å². The van der Waals surface area contributed by atoms with Crippen LogP contribution in [0, 0.1) is 11.8 Å². The second-order valence-corrected chi connectivity index (χ2v) is 6.48. The lowest BCUT2D eigenvalue weighted by Gasteiger charge is -2.50. The van der Waals surface area contributed by atoms with Crippen LogP contribution in [0.15, 0.2) is 0 Å². The van der Waals surface area contributed by atoms with Crippen LogP contribution < -0.4 is 5.32 Å². The molecule has 2 fully saturated rings. The summed E-state index contributed by atoms with van der Waals surface area (Å²) in [6.45, 7) is 9.55. The van der Waals surface area contributed by atoms with Crippen LogP contribution in [0.3, 0.4) is 0 Å². The zero-order valence-corrected chi connectivity index (χ0v) is 12.2. The molecule has 1 aliphatic carbocycles. The number of piperidine rings is 1. The molecule has 2 rings (SSSR count). The Kier molecular flexibility index (Phi) is 5.05. The number of aliphatic hydroxyl groups is 1. The molecule has 3 unspecified atom stereocenters. The van der Waals surface area contributed by atoms with Crippen LogP contribution in [0.2, 0.25) is 0 Å². The highest BCUT2D eigenvalue weighted by Crippen LogP contribution is 2.35. The van der Waals surface area contributed by atoms with Gasteiger partial charge in [0.15, 0.2) is 0 Å². The van der Waals surface area contributed by atoms with Crippen molar-refractivity contribution in [3.05, 3.63) is 0 Å². The SMILES string of the molecule is CCC(CO)NC1C2CCCC1CN(C(C)C)C2. The van der Waals surface area contributed by atoms with Crippen molar-refractivity contribution < 1.29 is 5.11 Å². The van der Waals surface area contributed by atoms with E-state index in [0.29, 0.717) is 18.1 Å². The molecule has 2 bridgehead atoms. The molecule has 0 spiro atoms. The zero-order valence-electron chi connectivity index (χ0n) is 12.2. The van der Waals surface area contributed by atoms with Gasteiger partial charge in [0.2, 0.25) is 0 Å². The molecule has 2 N–H and O–H groups in total. The maximum absolute atomic E-state index is 9.39. The summed E-state index contributed by atoms with van der Waals surface area (Å²) in [6, 6.07) is 1.61. The number of rotatable bonds is 5. The van der Waals surface area contributed by atoms with Crippen molar-refractivity contribution in [1.29, 1.82) is 0 Å². The van der Waals surface area contributed by atoms with Gasteiger partial charge in [0, 0.05) is 31.2 Å². The first-order valence-corrected chi connectivity index (χ1v) is 7.76. The summed E-state index contributed by atoms with van der Waals surface area (Å²) in [4.78, 5) is 2.65. The Bertz CT molecular complexity index is 239. The van der Waals surface area contributed by atoms with Crippen molar-refractivity contribution in [2.75, 3.05) is 19.7 Å². The third-order valence-corrected chi connectivity index (χ3v) is 4.98. The predicted molar refractivity (Wildman–Crippen MR) is 75.6 cm³/mol. The minimum absolute atomic E-state index is 0.278. The molecule has 3 nitrogen and oxygen atoms in total. The van der Waals surface area contributed by atoms with Crippen molar-refractivity contribution in [2.24, 2.45) is 11.8 Å². The number of nitrogens with zero attached hydrogens (tertiary/aromatic N) is 1. The normalized spacial score (nSPS) is 34.8. The highest BCUT2D eigenvalue weighted by Gasteiger charge is 2.40. The molecule has 0 aromatic heterocycles. The first-order chi connectivity index (χ1) is 8.65. The average Bonchev–Trinajstić information content (AvgIpc) is 2.34. The van der Waals surface area contributed by atoms with Crippen molar-refractivity contribution in [1.82, 2.24) is 10.2 Å². The lowest BCUT2D eigenvalue weighted by Crippen LogP contribution is -2.60. The Balaban J connectivity index is 1.99. The van der Waals surface area contributed by atoms with Gasteiger partial charge in [0.25, 0.3) is 0 Å². The van der Waals surface area contributed by atoms with E-state index in [2.05, 4.69) is 31.0 Å². The molecule has 2 aliphatic rings. The van der Waals surface area contributed by atoms with Crippen LogP contribution in [0.1, 0.15) is 46.5 Å². The van der Waals surface area contributed by atoms with Gasteiger partial charge in [-0.05, 0) is 44.9 Å². The monoisotopic (exact) mass is 254 g/mol. The second kappa shape index (κ2) is 6.36. The van der Waals surface area contributed by atoms with Gasteiger partial charge in [-0.1, -0.05) is 13.3 Å². The van der Waals surface area contributed by atoms with Gasteiger partial charge < -0.3 is 15.3 Å². The lowest BCUT2D eigenvalue weighted by atomic mass is 9.73. The Morgan fingerprint density at radius 3 is 2.28 bits per heavy atom. The Morgan fingerprint density at radius 2 is 1.83 bits per heavy atom. The topological polar surface area (TPSA) is 35.5 Å². The molecule has 0 aromatic carbocycles. The summed E-state index contributed by atoms with van der Waals surface area (Å²) in [5.41, 5.74) is 0. The van der Waals surface area contributed by atoms with E-state index in [0.717, 1.165) is 18.3 Å². The molecule has 3 atom stereocenters. The maximum atomic E-state index is 9.39. The minimum Gasteiger partial charge on any atom is -0.395 e. The quantitative estimate of drug-likeness (QED) is 0.786. The third-order valence-electron chi connectivity index (χ3n) is 4.98. The van der Waals surface area contributed by atoms with E-state index >= 15 is 0 Å². The molecule has 1 heterocycles. The van der Waals surface area contributed by atoms with Crippen LogP contribution in [0.5, 0.6) is 0 Å². The van der Waals surface area contributed by atoms with E-state index in [1.807, 2.05) is 0 Å². The summed E-state index contributed by atoms with van der Waals surface area (Å²) in [6.07, 6.45) is 5.15. The van der Waals surface area contributed by atoms with Gasteiger partial charge in [-0.2, -0.15) is 0 Å².